The molecule has 4 nitrogen and oxygen atoms in total. The number of Topliss-reactive ketones (excluding diaryl/α,β-unsaturated/α-hetero) is 2. The van der Waals surface area contributed by atoms with Crippen LogP contribution in [0.2, 0.25) is 0 Å². The predicted molar refractivity (Wildman–Crippen MR) is 107 cm³/mol. The molecule has 3 aromatic carbocycles. The number of ether oxygens (including phenoxy) is 2. The topological polar surface area (TPSA) is 52.6 Å². The monoisotopic (exact) mass is 370 g/mol. The molecule has 0 aromatic heterocycles. The highest BCUT2D eigenvalue weighted by atomic mass is 16.5. The number of rotatable bonds is 5. The second kappa shape index (κ2) is 7.53. The summed E-state index contributed by atoms with van der Waals surface area (Å²) >= 11 is 0. The van der Waals surface area contributed by atoms with Crippen molar-refractivity contribution >= 4 is 17.6 Å². The largest absolute Gasteiger partial charge is 0.485 e. The van der Waals surface area contributed by atoms with Crippen molar-refractivity contribution < 1.29 is 19.1 Å². The van der Waals surface area contributed by atoms with Gasteiger partial charge in [0.25, 0.3) is 0 Å². The fourth-order valence-corrected chi connectivity index (χ4v) is 2.93. The minimum Gasteiger partial charge on any atom is -0.485 e. The van der Waals surface area contributed by atoms with Gasteiger partial charge >= 0.3 is 0 Å². The lowest BCUT2D eigenvalue weighted by atomic mass is 10.1. The van der Waals surface area contributed by atoms with Crippen LogP contribution in [0.5, 0.6) is 11.5 Å². The van der Waals surface area contributed by atoms with Crippen LogP contribution in [0.4, 0.5) is 0 Å². The number of benzene rings is 3. The Morgan fingerprint density at radius 3 is 2.50 bits per heavy atom. The van der Waals surface area contributed by atoms with Crippen LogP contribution in [0.25, 0.3) is 6.08 Å². The molecular formula is C24H18O4. The summed E-state index contributed by atoms with van der Waals surface area (Å²) in [6, 6.07) is 21.8. The quantitative estimate of drug-likeness (QED) is 0.475. The van der Waals surface area contributed by atoms with Crippen LogP contribution in [0.1, 0.15) is 31.8 Å². The minimum absolute atomic E-state index is 0.0805. The van der Waals surface area contributed by atoms with Gasteiger partial charge in [0, 0.05) is 11.6 Å². The molecule has 1 aliphatic rings. The van der Waals surface area contributed by atoms with Crippen LogP contribution in [-0.4, -0.2) is 18.2 Å². The van der Waals surface area contributed by atoms with E-state index in [1.807, 2.05) is 49.4 Å². The van der Waals surface area contributed by atoms with E-state index < -0.39 is 0 Å². The third kappa shape index (κ3) is 3.71. The van der Waals surface area contributed by atoms with Crippen molar-refractivity contribution in [2.24, 2.45) is 0 Å². The van der Waals surface area contributed by atoms with Crippen molar-refractivity contribution in [3.05, 3.63) is 101 Å². The van der Waals surface area contributed by atoms with E-state index in [-0.39, 0.29) is 23.9 Å². The maximum atomic E-state index is 12.5. The van der Waals surface area contributed by atoms with Crippen molar-refractivity contribution in [3.8, 4) is 11.5 Å². The third-order valence-electron chi connectivity index (χ3n) is 4.48. The van der Waals surface area contributed by atoms with E-state index in [0.717, 1.165) is 11.1 Å². The van der Waals surface area contributed by atoms with Gasteiger partial charge in [-0.05, 0) is 30.7 Å². The van der Waals surface area contributed by atoms with Gasteiger partial charge < -0.3 is 9.47 Å². The van der Waals surface area contributed by atoms with Crippen molar-refractivity contribution in [2.75, 3.05) is 6.61 Å². The van der Waals surface area contributed by atoms with Crippen LogP contribution in [0.15, 0.2) is 78.6 Å². The first kappa shape index (κ1) is 17.7. The maximum Gasteiger partial charge on any atom is 0.231 e. The summed E-state index contributed by atoms with van der Waals surface area (Å²) in [4.78, 5) is 24.7. The molecule has 138 valence electrons. The van der Waals surface area contributed by atoms with Gasteiger partial charge in [-0.25, -0.2) is 0 Å². The molecule has 3 aromatic rings. The van der Waals surface area contributed by atoms with Crippen molar-refractivity contribution in [2.45, 2.75) is 6.92 Å². The summed E-state index contributed by atoms with van der Waals surface area (Å²) in [7, 11) is 0. The molecular weight excluding hydrogens is 352 g/mol. The van der Waals surface area contributed by atoms with Gasteiger partial charge in [-0.1, -0.05) is 60.2 Å². The van der Waals surface area contributed by atoms with Crippen LogP contribution in [-0.2, 0) is 0 Å². The number of hydrogen-bond donors (Lipinski definition) is 0. The molecule has 0 bridgehead atoms. The van der Waals surface area contributed by atoms with E-state index in [1.54, 1.807) is 36.4 Å². The van der Waals surface area contributed by atoms with E-state index in [1.165, 1.54) is 0 Å². The van der Waals surface area contributed by atoms with Gasteiger partial charge in [0.15, 0.2) is 18.1 Å². The molecule has 0 atom stereocenters. The van der Waals surface area contributed by atoms with Gasteiger partial charge in [0.1, 0.15) is 11.5 Å². The first-order valence-electron chi connectivity index (χ1n) is 8.96. The lowest BCUT2D eigenvalue weighted by Gasteiger charge is -2.06. The van der Waals surface area contributed by atoms with Crippen LogP contribution < -0.4 is 9.47 Å². The van der Waals surface area contributed by atoms with Gasteiger partial charge in [-0.15, -0.1) is 0 Å². The van der Waals surface area contributed by atoms with Crippen LogP contribution in [0, 0.1) is 6.92 Å². The second-order valence-corrected chi connectivity index (χ2v) is 6.59. The molecule has 0 fully saturated rings. The summed E-state index contributed by atoms with van der Waals surface area (Å²) in [6.07, 6.45) is 1.72. The van der Waals surface area contributed by atoms with Gasteiger partial charge in [0.2, 0.25) is 5.78 Å². The Hall–Kier alpha value is -3.66. The molecule has 28 heavy (non-hydrogen) atoms. The molecule has 0 saturated heterocycles. The number of carbonyl (C=O) groups excluding carboxylic acids is 2. The lowest BCUT2D eigenvalue weighted by molar-refractivity contribution is 0.0921. The number of aryl methyl sites for hydroxylation is 1. The normalized spacial score (nSPS) is 13.9. The van der Waals surface area contributed by atoms with Crippen LogP contribution in [0.3, 0.4) is 0 Å². The molecule has 0 unspecified atom stereocenters. The van der Waals surface area contributed by atoms with Gasteiger partial charge in [-0.3, -0.25) is 9.59 Å². The van der Waals surface area contributed by atoms with Gasteiger partial charge in [0.05, 0.1) is 5.56 Å². The highest BCUT2D eigenvalue weighted by Crippen LogP contribution is 2.35. The molecule has 0 spiro atoms. The summed E-state index contributed by atoms with van der Waals surface area (Å²) in [6.45, 7) is 1.93. The van der Waals surface area contributed by atoms with E-state index >= 15 is 0 Å². The number of fused-ring (bicyclic) bond motifs is 1. The molecule has 4 heteroatoms. The minimum atomic E-state index is -0.164. The summed E-state index contributed by atoms with van der Waals surface area (Å²) in [5.74, 6) is 0.914. The number of carbonyl (C=O) groups is 2. The number of allylic oxidation sites excluding steroid dienone is 1. The SMILES string of the molecule is Cc1ccc(C=C2Oc3cc(OCC(=O)c4ccccc4)ccc3C2=O)cc1. The average molecular weight is 370 g/mol. The van der Waals surface area contributed by atoms with E-state index in [2.05, 4.69) is 0 Å². The van der Waals surface area contributed by atoms with Crippen molar-refractivity contribution in [3.63, 3.8) is 0 Å². The number of hydrogen-bond acceptors (Lipinski definition) is 4. The highest BCUT2D eigenvalue weighted by molar-refractivity contribution is 6.14. The zero-order valence-electron chi connectivity index (χ0n) is 15.3. The summed E-state index contributed by atoms with van der Waals surface area (Å²) in [5.41, 5.74) is 3.13. The Morgan fingerprint density at radius 2 is 1.75 bits per heavy atom. The number of ketones is 2. The fourth-order valence-electron chi connectivity index (χ4n) is 2.93. The smallest absolute Gasteiger partial charge is 0.231 e. The summed E-state index contributed by atoms with van der Waals surface area (Å²) in [5, 5.41) is 0. The second-order valence-electron chi connectivity index (χ2n) is 6.59. The zero-order valence-corrected chi connectivity index (χ0v) is 15.3. The molecule has 0 aliphatic carbocycles. The Morgan fingerprint density at radius 1 is 1.00 bits per heavy atom. The first-order valence-corrected chi connectivity index (χ1v) is 8.96. The van der Waals surface area contributed by atoms with Crippen molar-refractivity contribution in [1.29, 1.82) is 0 Å². The first-order chi connectivity index (χ1) is 13.6. The maximum absolute atomic E-state index is 12.5. The van der Waals surface area contributed by atoms with E-state index in [9.17, 15) is 9.59 Å². The van der Waals surface area contributed by atoms with Gasteiger partial charge in [-0.2, -0.15) is 0 Å². The van der Waals surface area contributed by atoms with Crippen LogP contribution >= 0.6 is 0 Å². The fraction of sp³-hybridized carbons (Fsp3) is 0.0833. The molecule has 4 rings (SSSR count). The lowest BCUT2D eigenvalue weighted by Crippen LogP contribution is -2.11. The molecule has 1 aliphatic heterocycles. The third-order valence-corrected chi connectivity index (χ3v) is 4.48. The summed E-state index contributed by atoms with van der Waals surface area (Å²) < 4.78 is 11.3. The molecule has 0 saturated carbocycles. The Kier molecular flexibility index (Phi) is 4.77. The highest BCUT2D eigenvalue weighted by Gasteiger charge is 2.27. The molecule has 0 radical (unpaired) electrons. The predicted octanol–water partition coefficient (Wildman–Crippen LogP) is 4.87. The van der Waals surface area contributed by atoms with Crippen molar-refractivity contribution in [1.82, 2.24) is 0 Å². The zero-order chi connectivity index (χ0) is 19.5. The van der Waals surface area contributed by atoms with E-state index in [0.29, 0.717) is 22.6 Å². The Labute approximate surface area is 163 Å². The average Bonchev–Trinajstić information content (AvgIpc) is 3.03. The standard InChI is InChI=1S/C24H18O4/c1-16-7-9-17(10-8-16)13-23-24(26)20-12-11-19(14-22(20)28-23)27-15-21(25)18-5-3-2-4-6-18/h2-14H,15H2,1H3. The Balaban J connectivity index is 1.48. The molecule has 0 amide bonds. The molecule has 0 N–H and O–H groups in total. The Bertz CT molecular complexity index is 1060. The molecule has 1 heterocycles. The van der Waals surface area contributed by atoms with E-state index in [4.69, 9.17) is 9.47 Å².